The molecule has 16 heteroatoms. The number of carbonyl (C=O) groups excluding carboxylic acids is 2. The SMILES string of the molecule is C=C(C)C(=O)OC(Oc1ccccc1C(C)(c1ccccc1OC(OC(=O)C(=C)C)C(C)O)C(P(=O)(O)O)P(=O)(O)O)C(C)O. The summed E-state index contributed by atoms with van der Waals surface area (Å²) in [5, 5.41) is 17.9. The first-order valence-corrected chi connectivity index (χ1v) is 16.7. The molecule has 14 nitrogen and oxygen atoms in total. The Morgan fingerprint density at radius 1 is 0.711 bits per heavy atom. The van der Waals surface area contributed by atoms with E-state index in [0.29, 0.717) is 0 Å². The second-order valence-corrected chi connectivity index (χ2v) is 14.4. The Morgan fingerprint density at radius 3 is 1.29 bits per heavy atom. The zero-order chi connectivity index (χ0) is 34.5. The van der Waals surface area contributed by atoms with Gasteiger partial charge in [-0.05, 0) is 46.8 Å². The van der Waals surface area contributed by atoms with Crippen LogP contribution in [0.25, 0.3) is 0 Å². The minimum absolute atomic E-state index is 0.0310. The quantitative estimate of drug-likeness (QED) is 0.0692. The van der Waals surface area contributed by atoms with Crippen molar-refractivity contribution in [1.82, 2.24) is 0 Å². The van der Waals surface area contributed by atoms with Crippen LogP contribution in [0, 0.1) is 0 Å². The zero-order valence-corrected chi connectivity index (χ0v) is 27.1. The Hall–Kier alpha value is -3.32. The van der Waals surface area contributed by atoms with Gasteiger partial charge < -0.3 is 48.7 Å². The monoisotopic (exact) mass is 672 g/mol. The average molecular weight is 673 g/mol. The molecular formula is C29H38O14P2. The van der Waals surface area contributed by atoms with Crippen molar-refractivity contribution in [3.05, 3.63) is 84.0 Å². The Labute approximate surface area is 260 Å². The number of para-hydroxylation sites is 2. The van der Waals surface area contributed by atoms with Gasteiger partial charge in [-0.15, -0.1) is 0 Å². The molecule has 2 aromatic carbocycles. The van der Waals surface area contributed by atoms with Gasteiger partial charge in [0.05, 0.1) is 5.41 Å². The molecule has 0 aliphatic heterocycles. The summed E-state index contributed by atoms with van der Waals surface area (Å²) in [6.07, 6.45) is -6.32. The number of aliphatic hydroxyl groups excluding tert-OH is 2. The smallest absolute Gasteiger partial charge is 0.341 e. The average Bonchev–Trinajstić information content (AvgIpc) is 2.90. The van der Waals surface area contributed by atoms with Gasteiger partial charge in [-0.25, -0.2) is 9.59 Å². The predicted octanol–water partition coefficient (Wildman–Crippen LogP) is 3.08. The van der Waals surface area contributed by atoms with Crippen LogP contribution >= 0.6 is 15.2 Å². The number of aliphatic hydroxyl groups is 2. The van der Waals surface area contributed by atoms with E-state index in [4.69, 9.17) is 18.9 Å². The van der Waals surface area contributed by atoms with Crippen LogP contribution in [-0.2, 0) is 33.6 Å². The number of hydrogen-bond donors (Lipinski definition) is 6. The highest BCUT2D eigenvalue weighted by atomic mass is 31.2. The lowest BCUT2D eigenvalue weighted by Gasteiger charge is -2.40. The molecule has 6 N–H and O–H groups in total. The highest BCUT2D eigenvalue weighted by Crippen LogP contribution is 2.69. The number of hydrogen-bond acceptors (Lipinski definition) is 10. The lowest BCUT2D eigenvalue weighted by atomic mass is 9.76. The van der Waals surface area contributed by atoms with Gasteiger partial charge in [-0.1, -0.05) is 49.6 Å². The van der Waals surface area contributed by atoms with Crippen LogP contribution < -0.4 is 9.47 Å². The van der Waals surface area contributed by atoms with Gasteiger partial charge in [0, 0.05) is 22.3 Å². The summed E-state index contributed by atoms with van der Waals surface area (Å²) in [7, 11) is -11.5. The van der Waals surface area contributed by atoms with Crippen molar-refractivity contribution in [2.75, 3.05) is 0 Å². The summed E-state index contributed by atoms with van der Waals surface area (Å²) in [6, 6.07) is 10.7. The van der Waals surface area contributed by atoms with Gasteiger partial charge >= 0.3 is 27.1 Å². The Balaban J connectivity index is 2.94. The van der Waals surface area contributed by atoms with E-state index in [0.717, 1.165) is 6.92 Å². The molecule has 0 fully saturated rings. The fourth-order valence-corrected chi connectivity index (χ4v) is 7.86. The van der Waals surface area contributed by atoms with Crippen LogP contribution in [0.3, 0.4) is 0 Å². The number of rotatable bonds is 15. The molecule has 0 saturated heterocycles. The maximum atomic E-state index is 13.0. The maximum absolute atomic E-state index is 13.0. The van der Waals surface area contributed by atoms with Crippen molar-refractivity contribution < 1.29 is 67.5 Å². The summed E-state index contributed by atoms with van der Waals surface area (Å²) < 4.78 is 47.9. The molecule has 4 atom stereocenters. The van der Waals surface area contributed by atoms with Crippen LogP contribution in [-0.4, -0.2) is 71.9 Å². The summed E-state index contributed by atoms with van der Waals surface area (Å²) in [5.41, 5.74) is -2.92. The lowest BCUT2D eigenvalue weighted by molar-refractivity contribution is -0.174. The van der Waals surface area contributed by atoms with Crippen molar-refractivity contribution in [2.24, 2.45) is 0 Å². The van der Waals surface area contributed by atoms with Crippen molar-refractivity contribution in [3.63, 3.8) is 0 Å². The molecule has 248 valence electrons. The predicted molar refractivity (Wildman–Crippen MR) is 161 cm³/mol. The van der Waals surface area contributed by atoms with Crippen LogP contribution in [0.5, 0.6) is 11.5 Å². The van der Waals surface area contributed by atoms with Crippen LogP contribution in [0.2, 0.25) is 0 Å². The number of ether oxygens (including phenoxy) is 4. The molecule has 0 bridgehead atoms. The Morgan fingerprint density at radius 2 is 1.02 bits per heavy atom. The topological polar surface area (TPSA) is 227 Å². The number of benzene rings is 2. The van der Waals surface area contributed by atoms with Crippen LogP contribution in [0.4, 0.5) is 0 Å². The molecule has 4 unspecified atom stereocenters. The number of carbonyl (C=O) groups is 2. The second-order valence-electron chi connectivity index (χ2n) is 10.6. The first kappa shape index (κ1) is 37.9. The largest absolute Gasteiger partial charge is 0.452 e. The normalized spacial score (nSPS) is 16.0. The van der Waals surface area contributed by atoms with Gasteiger partial charge in [-0.3, -0.25) is 9.13 Å². The second kappa shape index (κ2) is 14.8. The number of esters is 2. The molecule has 0 saturated carbocycles. The standard InChI is InChI=1S/C29H38O14P2/c1-16(2)24(32)42-26(18(5)30)40-22-14-10-8-12-20(22)29(7,28(44(34,35)36)45(37,38)39)21-13-9-11-15-23(21)41-27(19(6)31)43-25(33)17(3)4/h8-15,18-19,26-28,30-31H,1,3H2,2,4-7H3,(H2,34,35,36)(H2,37,38,39). The Bertz CT molecular complexity index is 1400. The van der Waals surface area contributed by atoms with Crippen molar-refractivity contribution in [1.29, 1.82) is 0 Å². The molecule has 0 radical (unpaired) electrons. The summed E-state index contributed by atoms with van der Waals surface area (Å²) in [4.78, 5) is 66.3. The van der Waals surface area contributed by atoms with Crippen LogP contribution in [0.1, 0.15) is 45.7 Å². The van der Waals surface area contributed by atoms with Crippen molar-refractivity contribution in [2.45, 2.75) is 70.2 Å². The zero-order valence-electron chi connectivity index (χ0n) is 25.3. The van der Waals surface area contributed by atoms with E-state index in [1.807, 2.05) is 0 Å². The van der Waals surface area contributed by atoms with Crippen LogP contribution in [0.15, 0.2) is 72.8 Å². The van der Waals surface area contributed by atoms with E-state index >= 15 is 0 Å². The fraction of sp³-hybridized carbons (Fsp3) is 0.379. The molecular weight excluding hydrogens is 634 g/mol. The first-order chi connectivity index (χ1) is 20.6. The van der Waals surface area contributed by atoms with E-state index in [-0.39, 0.29) is 33.8 Å². The Kier molecular flexibility index (Phi) is 12.5. The molecule has 2 aromatic rings. The third-order valence-electron chi connectivity index (χ3n) is 6.46. The first-order valence-electron chi connectivity index (χ1n) is 13.3. The highest BCUT2D eigenvalue weighted by molar-refractivity contribution is 7.71. The molecule has 0 heterocycles. The van der Waals surface area contributed by atoms with Crippen molar-refractivity contribution in [3.8, 4) is 11.5 Å². The minimum Gasteiger partial charge on any atom is -0.452 e. The van der Waals surface area contributed by atoms with Crippen molar-refractivity contribution >= 4 is 27.1 Å². The molecule has 2 rings (SSSR count). The summed E-state index contributed by atoms with van der Waals surface area (Å²) in [5.74, 6) is -2.45. The molecule has 0 aromatic heterocycles. The summed E-state index contributed by atoms with van der Waals surface area (Å²) in [6.45, 7) is 13.2. The molecule has 0 aliphatic rings. The maximum Gasteiger partial charge on any atom is 0.341 e. The van der Waals surface area contributed by atoms with E-state index in [1.165, 1.54) is 76.2 Å². The van der Waals surface area contributed by atoms with Gasteiger partial charge in [0.1, 0.15) is 23.7 Å². The van der Waals surface area contributed by atoms with E-state index in [1.54, 1.807) is 0 Å². The summed E-state index contributed by atoms with van der Waals surface area (Å²) >= 11 is 0. The van der Waals surface area contributed by atoms with Gasteiger partial charge in [0.2, 0.25) is 0 Å². The molecule has 0 aliphatic carbocycles. The van der Waals surface area contributed by atoms with E-state index in [2.05, 4.69) is 13.2 Å². The lowest BCUT2D eigenvalue weighted by Crippen LogP contribution is -2.41. The van der Waals surface area contributed by atoms with Gasteiger partial charge in [0.15, 0.2) is 5.40 Å². The van der Waals surface area contributed by atoms with E-state index < -0.39 is 62.7 Å². The minimum atomic E-state index is -5.73. The highest BCUT2D eigenvalue weighted by Gasteiger charge is 2.58. The fourth-order valence-electron chi connectivity index (χ4n) is 4.39. The third kappa shape index (κ3) is 9.35. The molecule has 45 heavy (non-hydrogen) atoms. The van der Waals surface area contributed by atoms with Gasteiger partial charge in [-0.2, -0.15) is 0 Å². The molecule has 0 amide bonds. The molecule has 0 spiro atoms. The third-order valence-corrected chi connectivity index (χ3v) is 10.6. The van der Waals surface area contributed by atoms with E-state index in [9.17, 15) is 48.5 Å². The van der Waals surface area contributed by atoms with Gasteiger partial charge in [0.25, 0.3) is 12.6 Å².